The first-order chi connectivity index (χ1) is 9.91. The zero-order valence-electron chi connectivity index (χ0n) is 15.8. The molecule has 0 aromatic rings. The van der Waals surface area contributed by atoms with Gasteiger partial charge in [0.25, 0.3) is 0 Å². The Bertz CT molecular complexity index is 250. The Kier molecular flexibility index (Phi) is 10.9. The molecule has 0 amide bonds. The molecule has 128 valence electrons. The Labute approximate surface area is 135 Å². The molecule has 1 unspecified atom stereocenters. The second-order valence-electron chi connectivity index (χ2n) is 7.09. The van der Waals surface area contributed by atoms with E-state index in [1.54, 1.807) is 0 Å². The van der Waals surface area contributed by atoms with Crippen molar-refractivity contribution in [3.63, 3.8) is 0 Å². The highest BCUT2D eigenvalue weighted by molar-refractivity contribution is 6.70. The second-order valence-corrected chi connectivity index (χ2v) is 11.2. The molecule has 0 saturated carbocycles. The predicted octanol–water partition coefficient (Wildman–Crippen LogP) is 6.30. The van der Waals surface area contributed by atoms with Crippen LogP contribution >= 0.6 is 0 Å². The Morgan fingerprint density at radius 2 is 1.38 bits per heavy atom. The molecular formula is C18H40O2Si. The summed E-state index contributed by atoms with van der Waals surface area (Å²) in [6.45, 7) is 11.6. The monoisotopic (exact) mass is 316 g/mol. The van der Waals surface area contributed by atoms with Gasteiger partial charge in [-0.15, -0.1) is 0 Å². The van der Waals surface area contributed by atoms with E-state index in [1.807, 2.05) is 14.2 Å². The van der Waals surface area contributed by atoms with Gasteiger partial charge in [0.1, 0.15) is 0 Å². The van der Waals surface area contributed by atoms with E-state index >= 15 is 0 Å². The van der Waals surface area contributed by atoms with E-state index in [9.17, 15) is 0 Å². The first kappa shape index (κ1) is 21.1. The Morgan fingerprint density at radius 1 is 0.857 bits per heavy atom. The predicted molar refractivity (Wildman–Crippen MR) is 96.1 cm³/mol. The third-order valence-electron chi connectivity index (χ3n) is 5.45. The fourth-order valence-electron chi connectivity index (χ4n) is 3.44. The molecule has 21 heavy (non-hydrogen) atoms. The molecule has 0 rings (SSSR count). The van der Waals surface area contributed by atoms with Crippen molar-refractivity contribution in [2.45, 2.75) is 97.1 Å². The van der Waals surface area contributed by atoms with Crippen LogP contribution in [0.3, 0.4) is 0 Å². The molecule has 0 aliphatic rings. The molecule has 0 N–H and O–H groups in total. The maximum Gasteiger partial charge on any atom is 0.343 e. The molecule has 0 aromatic carbocycles. The van der Waals surface area contributed by atoms with E-state index in [4.69, 9.17) is 8.85 Å². The summed E-state index contributed by atoms with van der Waals surface area (Å²) in [5.74, 6) is 0.647. The molecule has 1 atom stereocenters. The number of hydrogen-bond donors (Lipinski definition) is 0. The van der Waals surface area contributed by atoms with Crippen molar-refractivity contribution in [1.29, 1.82) is 0 Å². The zero-order chi connectivity index (χ0) is 16.4. The van der Waals surface area contributed by atoms with Crippen LogP contribution in [0.5, 0.6) is 0 Å². The van der Waals surface area contributed by atoms with Crippen LogP contribution in [0.2, 0.25) is 11.1 Å². The Morgan fingerprint density at radius 3 is 1.86 bits per heavy atom. The van der Waals surface area contributed by atoms with Crippen LogP contribution in [0.25, 0.3) is 0 Å². The van der Waals surface area contributed by atoms with Gasteiger partial charge >= 0.3 is 8.56 Å². The molecule has 0 fully saturated rings. The van der Waals surface area contributed by atoms with Gasteiger partial charge in [-0.05, 0) is 12.0 Å². The first-order valence-corrected chi connectivity index (χ1v) is 11.0. The molecule has 2 nitrogen and oxygen atoms in total. The molecule has 0 saturated heterocycles. The topological polar surface area (TPSA) is 18.5 Å². The van der Waals surface area contributed by atoms with Crippen LogP contribution < -0.4 is 0 Å². The van der Waals surface area contributed by atoms with Gasteiger partial charge in [0, 0.05) is 19.3 Å². The average Bonchev–Trinajstić information content (AvgIpc) is 2.47. The minimum absolute atomic E-state index is 0.163. The first-order valence-electron chi connectivity index (χ1n) is 9.02. The normalized spacial score (nSPS) is 14.4. The summed E-state index contributed by atoms with van der Waals surface area (Å²) in [6.07, 6.45) is 10.5. The molecule has 0 spiro atoms. The van der Waals surface area contributed by atoms with E-state index in [0.29, 0.717) is 5.92 Å². The van der Waals surface area contributed by atoms with Crippen LogP contribution in [-0.4, -0.2) is 22.8 Å². The summed E-state index contributed by atoms with van der Waals surface area (Å²) in [7, 11) is 1.60. The second kappa shape index (κ2) is 10.8. The van der Waals surface area contributed by atoms with Gasteiger partial charge in [-0.25, -0.2) is 0 Å². The van der Waals surface area contributed by atoms with Gasteiger partial charge in [-0.1, -0.05) is 86.0 Å². The summed E-state index contributed by atoms with van der Waals surface area (Å²) in [4.78, 5) is 0. The quantitative estimate of drug-likeness (QED) is 0.293. The van der Waals surface area contributed by atoms with E-state index in [1.165, 1.54) is 51.4 Å². The van der Waals surface area contributed by atoms with Gasteiger partial charge in [0.05, 0.1) is 0 Å². The summed E-state index contributed by atoms with van der Waals surface area (Å²) < 4.78 is 12.1. The van der Waals surface area contributed by atoms with Gasteiger partial charge in [0.2, 0.25) is 0 Å². The largest absolute Gasteiger partial charge is 0.397 e. The zero-order valence-corrected chi connectivity index (χ0v) is 16.8. The van der Waals surface area contributed by atoms with Crippen molar-refractivity contribution in [1.82, 2.24) is 0 Å². The van der Waals surface area contributed by atoms with Crippen molar-refractivity contribution in [3.8, 4) is 0 Å². The lowest BCUT2D eigenvalue weighted by Crippen LogP contribution is -2.52. The number of unbranched alkanes of at least 4 members (excludes halogenated alkanes) is 5. The SMILES string of the molecule is CCCCCCCC[Si](OC)(OC)C(C)(C)C(C)CCC. The van der Waals surface area contributed by atoms with Gasteiger partial charge in [-0.2, -0.15) is 0 Å². The molecule has 0 aliphatic carbocycles. The molecule has 3 heteroatoms. The Hall–Kier alpha value is 0.137. The summed E-state index contributed by atoms with van der Waals surface area (Å²) in [6, 6.07) is 1.13. The lowest BCUT2D eigenvalue weighted by molar-refractivity contribution is 0.183. The fourth-order valence-corrected chi connectivity index (χ4v) is 7.33. The molecule has 0 heterocycles. The average molecular weight is 317 g/mol. The van der Waals surface area contributed by atoms with Crippen molar-refractivity contribution < 1.29 is 8.85 Å². The third-order valence-corrected chi connectivity index (χ3v) is 10.2. The highest BCUT2D eigenvalue weighted by Crippen LogP contribution is 2.49. The van der Waals surface area contributed by atoms with Crippen molar-refractivity contribution >= 4 is 8.56 Å². The van der Waals surface area contributed by atoms with Crippen molar-refractivity contribution in [2.24, 2.45) is 5.92 Å². The molecule has 0 bridgehead atoms. The number of hydrogen-bond acceptors (Lipinski definition) is 2. The van der Waals surface area contributed by atoms with Crippen LogP contribution in [-0.2, 0) is 8.85 Å². The fraction of sp³-hybridized carbons (Fsp3) is 1.00. The van der Waals surface area contributed by atoms with E-state index in [-0.39, 0.29) is 5.04 Å². The molecular weight excluding hydrogens is 276 g/mol. The summed E-state index contributed by atoms with van der Waals surface area (Å²) in [5.41, 5.74) is 0. The van der Waals surface area contributed by atoms with Gasteiger partial charge in [0.15, 0.2) is 0 Å². The van der Waals surface area contributed by atoms with E-state index in [0.717, 1.165) is 6.04 Å². The molecule has 0 radical (unpaired) electrons. The summed E-state index contributed by atoms with van der Waals surface area (Å²) in [5, 5.41) is 0.163. The molecule has 0 aliphatic heterocycles. The standard InChI is InChI=1S/C18H40O2Si/c1-8-10-11-12-13-14-16-21(19-6,20-7)18(4,5)17(3)15-9-2/h17H,8-16H2,1-7H3. The van der Waals surface area contributed by atoms with Crippen LogP contribution in [0.1, 0.15) is 86.0 Å². The lowest BCUT2D eigenvalue weighted by Gasteiger charge is -2.45. The van der Waals surface area contributed by atoms with E-state index in [2.05, 4.69) is 34.6 Å². The minimum Gasteiger partial charge on any atom is -0.397 e. The van der Waals surface area contributed by atoms with Crippen LogP contribution in [0.4, 0.5) is 0 Å². The molecule has 0 aromatic heterocycles. The third kappa shape index (κ3) is 6.03. The smallest absolute Gasteiger partial charge is 0.343 e. The maximum atomic E-state index is 6.06. The van der Waals surface area contributed by atoms with E-state index < -0.39 is 8.56 Å². The van der Waals surface area contributed by atoms with Crippen molar-refractivity contribution in [2.75, 3.05) is 14.2 Å². The Balaban J connectivity index is 4.60. The van der Waals surface area contributed by atoms with Crippen LogP contribution in [0, 0.1) is 5.92 Å². The van der Waals surface area contributed by atoms with Crippen molar-refractivity contribution in [3.05, 3.63) is 0 Å². The maximum absolute atomic E-state index is 6.06. The highest BCUT2D eigenvalue weighted by atomic mass is 28.4. The number of rotatable bonds is 13. The van der Waals surface area contributed by atoms with Gasteiger partial charge < -0.3 is 8.85 Å². The highest BCUT2D eigenvalue weighted by Gasteiger charge is 2.52. The minimum atomic E-state index is -2.14. The van der Waals surface area contributed by atoms with Gasteiger partial charge in [-0.3, -0.25) is 0 Å². The lowest BCUT2D eigenvalue weighted by atomic mass is 9.92. The summed E-state index contributed by atoms with van der Waals surface area (Å²) >= 11 is 0. The van der Waals surface area contributed by atoms with Crippen LogP contribution in [0.15, 0.2) is 0 Å².